The molecule has 0 aromatic carbocycles. The molecule has 1 unspecified atom stereocenters. The summed E-state index contributed by atoms with van der Waals surface area (Å²) in [6.45, 7) is 5.42. The minimum atomic E-state index is -4.05. The Balaban J connectivity index is 2.17. The molecule has 1 aliphatic carbocycles. The van der Waals surface area contributed by atoms with Gasteiger partial charge in [0.05, 0.1) is 0 Å². The highest BCUT2D eigenvalue weighted by Gasteiger charge is 2.31. The molecule has 1 atom stereocenters. The zero-order valence-corrected chi connectivity index (χ0v) is 13.1. The number of amides is 1. The fourth-order valence-electron chi connectivity index (χ4n) is 2.45. The van der Waals surface area contributed by atoms with Crippen LogP contribution in [-0.2, 0) is 14.8 Å². The lowest BCUT2D eigenvalue weighted by Gasteiger charge is -2.23. The number of aryl methyl sites for hydroxylation is 1. The van der Waals surface area contributed by atoms with Crippen molar-refractivity contribution in [3.8, 4) is 0 Å². The largest absolute Gasteiger partial charge is 0.380 e. The van der Waals surface area contributed by atoms with Crippen LogP contribution in [0.15, 0.2) is 20.6 Å². The van der Waals surface area contributed by atoms with Crippen molar-refractivity contribution in [3.63, 3.8) is 0 Å². The molecule has 0 spiro atoms. The lowest BCUT2D eigenvalue weighted by atomic mass is 9.85. The molecule has 1 heterocycles. The van der Waals surface area contributed by atoms with E-state index in [9.17, 15) is 13.2 Å². The van der Waals surface area contributed by atoms with Gasteiger partial charge < -0.3 is 10.3 Å². The van der Waals surface area contributed by atoms with Gasteiger partial charge in [-0.05, 0) is 40.0 Å². The Morgan fingerprint density at radius 3 is 2.52 bits per heavy atom. The number of rotatable bonds is 3. The monoisotopic (exact) mass is 313 g/mol. The van der Waals surface area contributed by atoms with Gasteiger partial charge in [0.2, 0.25) is 5.91 Å². The maximum absolute atomic E-state index is 12.2. The Bertz CT molecular complexity index is 683. The van der Waals surface area contributed by atoms with Gasteiger partial charge in [-0.15, -0.1) is 0 Å². The maximum Gasteiger partial charge on any atom is 0.271 e. The minimum Gasteiger partial charge on any atom is -0.380 e. The molecule has 1 aromatic heterocycles. The zero-order chi connectivity index (χ0) is 15.8. The van der Waals surface area contributed by atoms with Crippen molar-refractivity contribution in [2.24, 2.45) is 5.92 Å². The van der Waals surface area contributed by atoms with Crippen molar-refractivity contribution < 1.29 is 17.7 Å². The number of nitrogens with two attached hydrogens (primary N) is 1. The first kappa shape index (κ1) is 15.6. The molecule has 21 heavy (non-hydrogen) atoms. The quantitative estimate of drug-likeness (QED) is 0.817. The zero-order valence-electron chi connectivity index (χ0n) is 12.3. The molecule has 0 saturated carbocycles. The number of nitrogens with zero attached hydrogens (tertiary/aromatic N) is 1. The van der Waals surface area contributed by atoms with Crippen molar-refractivity contribution in [3.05, 3.63) is 16.9 Å². The van der Waals surface area contributed by atoms with Crippen molar-refractivity contribution in [2.75, 3.05) is 5.73 Å². The number of aromatic nitrogens is 1. The fraction of sp³-hybridized carbons (Fsp3) is 0.538. The lowest BCUT2D eigenvalue weighted by molar-refractivity contribution is -0.123. The molecule has 0 aliphatic heterocycles. The Morgan fingerprint density at radius 1 is 1.33 bits per heavy atom. The molecular weight excluding hydrogens is 294 g/mol. The first-order valence-corrected chi connectivity index (χ1v) is 8.14. The number of allylic oxidation sites excluding steroid dienone is 2. The Morgan fingerprint density at radius 2 is 2.00 bits per heavy atom. The molecule has 2 rings (SSSR count). The van der Waals surface area contributed by atoms with Gasteiger partial charge in [-0.3, -0.25) is 4.79 Å². The fourth-order valence-corrected chi connectivity index (χ4v) is 3.71. The van der Waals surface area contributed by atoms with Crippen LogP contribution in [0.1, 0.15) is 38.9 Å². The van der Waals surface area contributed by atoms with Gasteiger partial charge in [-0.2, -0.15) is 0 Å². The van der Waals surface area contributed by atoms with E-state index in [0.717, 1.165) is 12.0 Å². The van der Waals surface area contributed by atoms with Crippen LogP contribution < -0.4 is 10.5 Å². The van der Waals surface area contributed by atoms with Crippen LogP contribution in [0.3, 0.4) is 0 Å². The van der Waals surface area contributed by atoms with E-state index < -0.39 is 15.9 Å². The summed E-state index contributed by atoms with van der Waals surface area (Å²) in [6.07, 6.45) is 2.02. The second-order valence-corrected chi connectivity index (χ2v) is 7.04. The van der Waals surface area contributed by atoms with Gasteiger partial charge in [-0.1, -0.05) is 16.3 Å². The van der Waals surface area contributed by atoms with Crippen molar-refractivity contribution in [1.29, 1.82) is 0 Å². The molecule has 0 saturated heterocycles. The summed E-state index contributed by atoms with van der Waals surface area (Å²) < 4.78 is 31.2. The number of sulfonamides is 1. The molecule has 1 aliphatic rings. The van der Waals surface area contributed by atoms with Crippen LogP contribution in [0.2, 0.25) is 0 Å². The van der Waals surface area contributed by atoms with Gasteiger partial charge >= 0.3 is 0 Å². The Kier molecular flexibility index (Phi) is 4.08. The van der Waals surface area contributed by atoms with Crippen molar-refractivity contribution >= 4 is 21.7 Å². The van der Waals surface area contributed by atoms with Crippen LogP contribution in [0, 0.1) is 12.8 Å². The molecule has 0 radical (unpaired) electrons. The maximum atomic E-state index is 12.2. The average Bonchev–Trinajstić information content (AvgIpc) is 2.72. The normalized spacial score (nSPS) is 19.7. The van der Waals surface area contributed by atoms with Crippen LogP contribution in [0.4, 0.5) is 5.82 Å². The molecule has 7 nitrogen and oxygen atoms in total. The highest BCUT2D eigenvalue weighted by atomic mass is 32.2. The molecule has 0 fully saturated rings. The topological polar surface area (TPSA) is 115 Å². The number of nitrogen functional groups attached to an aromatic ring is 1. The number of hydrogen-bond acceptors (Lipinski definition) is 6. The second-order valence-electron chi connectivity index (χ2n) is 5.42. The summed E-state index contributed by atoms with van der Waals surface area (Å²) in [7, 11) is -4.05. The third-order valence-electron chi connectivity index (χ3n) is 3.86. The molecular formula is C13H19N3O4S. The third kappa shape index (κ3) is 3.10. The number of hydrogen-bond donors (Lipinski definition) is 2. The first-order valence-electron chi connectivity index (χ1n) is 6.66. The van der Waals surface area contributed by atoms with Gasteiger partial charge in [0.1, 0.15) is 0 Å². The third-order valence-corrected chi connectivity index (χ3v) is 5.36. The van der Waals surface area contributed by atoms with E-state index in [0.29, 0.717) is 12.8 Å². The standard InChI is InChI=1S/C13H19N3O4S/c1-7-4-5-10(6-8(7)2)13(17)16-21(18,19)11-9(3)20-15-12(11)14/h10H,4-6H2,1-3H3,(H2,14,15)(H,16,17). The Hall–Kier alpha value is -1.83. The van der Waals surface area contributed by atoms with E-state index in [1.54, 1.807) is 0 Å². The molecule has 1 aromatic rings. The molecule has 3 N–H and O–H groups in total. The molecule has 8 heteroatoms. The summed E-state index contributed by atoms with van der Waals surface area (Å²) in [5.41, 5.74) is 7.88. The predicted molar refractivity (Wildman–Crippen MR) is 76.7 cm³/mol. The summed E-state index contributed by atoms with van der Waals surface area (Å²) in [5, 5.41) is 3.39. The second kappa shape index (κ2) is 5.51. The first-order chi connectivity index (χ1) is 9.72. The van der Waals surface area contributed by atoms with E-state index in [-0.39, 0.29) is 22.4 Å². The highest BCUT2D eigenvalue weighted by molar-refractivity contribution is 7.90. The minimum absolute atomic E-state index is 0.0587. The number of nitrogens with one attached hydrogen (secondary N) is 1. The average molecular weight is 313 g/mol. The highest BCUT2D eigenvalue weighted by Crippen LogP contribution is 2.29. The SMILES string of the molecule is CC1=C(C)CC(C(=O)NS(=O)(=O)c2c(N)noc2C)CC1. The summed E-state index contributed by atoms with van der Waals surface area (Å²) in [5.74, 6) is -1.04. The summed E-state index contributed by atoms with van der Waals surface area (Å²) >= 11 is 0. The molecule has 116 valence electrons. The van der Waals surface area contributed by atoms with Crippen LogP contribution in [0.5, 0.6) is 0 Å². The molecule has 1 amide bonds. The Labute approximate surface area is 123 Å². The van der Waals surface area contributed by atoms with E-state index in [1.165, 1.54) is 12.5 Å². The number of anilines is 1. The van der Waals surface area contributed by atoms with E-state index in [4.69, 9.17) is 10.3 Å². The van der Waals surface area contributed by atoms with Crippen molar-refractivity contribution in [1.82, 2.24) is 9.88 Å². The number of carbonyl (C=O) groups is 1. The van der Waals surface area contributed by atoms with Gasteiger partial charge in [-0.25, -0.2) is 13.1 Å². The number of carbonyl (C=O) groups excluding carboxylic acids is 1. The van der Waals surface area contributed by atoms with Crippen LogP contribution in [-0.4, -0.2) is 19.5 Å². The van der Waals surface area contributed by atoms with Gasteiger partial charge in [0.15, 0.2) is 16.5 Å². The van der Waals surface area contributed by atoms with Crippen molar-refractivity contribution in [2.45, 2.75) is 44.9 Å². The lowest BCUT2D eigenvalue weighted by Crippen LogP contribution is -2.37. The van der Waals surface area contributed by atoms with E-state index in [2.05, 4.69) is 9.88 Å². The van der Waals surface area contributed by atoms with Crippen LogP contribution in [0.25, 0.3) is 0 Å². The van der Waals surface area contributed by atoms with Crippen LogP contribution >= 0.6 is 0 Å². The van der Waals surface area contributed by atoms with E-state index >= 15 is 0 Å². The molecule has 0 bridgehead atoms. The van der Waals surface area contributed by atoms with E-state index in [1.807, 2.05) is 13.8 Å². The predicted octanol–water partition coefficient (Wildman–Crippen LogP) is 1.51. The van der Waals surface area contributed by atoms with Gasteiger partial charge in [0, 0.05) is 5.92 Å². The smallest absolute Gasteiger partial charge is 0.271 e. The summed E-state index contributed by atoms with van der Waals surface area (Å²) in [4.78, 5) is 11.9. The summed E-state index contributed by atoms with van der Waals surface area (Å²) in [6, 6.07) is 0. The van der Waals surface area contributed by atoms with Gasteiger partial charge in [0.25, 0.3) is 10.0 Å².